The molecule has 13 heavy (non-hydrogen) atoms. The largest absolute Gasteiger partial charge is 0.386 e. The Morgan fingerprint density at radius 2 is 1.92 bits per heavy atom. The molecule has 1 heterocycles. The van der Waals surface area contributed by atoms with Crippen LogP contribution in [0, 0.1) is 0 Å². The van der Waals surface area contributed by atoms with Crippen LogP contribution in [0.3, 0.4) is 0 Å². The van der Waals surface area contributed by atoms with Crippen molar-refractivity contribution in [3.05, 3.63) is 34.9 Å². The number of ether oxygens (including phenoxy) is 1. The van der Waals surface area contributed by atoms with E-state index in [1.54, 1.807) is 12.2 Å². The summed E-state index contributed by atoms with van der Waals surface area (Å²) in [4.78, 5) is 22.2. The number of carbonyl (C=O) groups is 2. The van der Waals surface area contributed by atoms with Crippen molar-refractivity contribution in [2.24, 2.45) is 0 Å². The van der Waals surface area contributed by atoms with Crippen LogP contribution in [-0.2, 0) is 14.3 Å². The molecule has 0 aromatic carbocycles. The first-order valence-electron chi connectivity index (χ1n) is 4.03. The van der Waals surface area contributed by atoms with Crippen LogP contribution >= 0.6 is 0 Å². The molecule has 2 rings (SSSR count). The lowest BCUT2D eigenvalue weighted by Crippen LogP contribution is -2.01. The van der Waals surface area contributed by atoms with Gasteiger partial charge in [-0.05, 0) is 19.4 Å². The fourth-order valence-corrected chi connectivity index (χ4v) is 1.38. The SMILES string of the molecule is CC1=CC2=C(C=CC1)C(=O)OC2=O. The van der Waals surface area contributed by atoms with Gasteiger partial charge in [-0.1, -0.05) is 17.7 Å². The van der Waals surface area contributed by atoms with E-state index in [0.717, 1.165) is 12.0 Å². The van der Waals surface area contributed by atoms with Crippen LogP contribution in [-0.4, -0.2) is 11.9 Å². The van der Waals surface area contributed by atoms with Gasteiger partial charge >= 0.3 is 11.9 Å². The van der Waals surface area contributed by atoms with E-state index in [4.69, 9.17) is 0 Å². The van der Waals surface area contributed by atoms with E-state index in [1.807, 2.05) is 13.0 Å². The Labute approximate surface area is 75.4 Å². The van der Waals surface area contributed by atoms with Gasteiger partial charge in [-0.15, -0.1) is 0 Å². The number of carbonyl (C=O) groups excluding carboxylic acids is 2. The molecule has 0 unspecified atom stereocenters. The van der Waals surface area contributed by atoms with Gasteiger partial charge < -0.3 is 4.74 Å². The molecule has 3 heteroatoms. The lowest BCUT2D eigenvalue weighted by atomic mass is 10.1. The molecule has 1 aliphatic heterocycles. The van der Waals surface area contributed by atoms with E-state index < -0.39 is 11.9 Å². The van der Waals surface area contributed by atoms with Gasteiger partial charge in [0.15, 0.2) is 0 Å². The number of esters is 2. The predicted octanol–water partition coefficient (Wildman–Crippen LogP) is 1.27. The minimum absolute atomic E-state index is 0.377. The lowest BCUT2D eigenvalue weighted by molar-refractivity contribution is -0.150. The third-order valence-corrected chi connectivity index (χ3v) is 2.03. The van der Waals surface area contributed by atoms with E-state index in [0.29, 0.717) is 11.1 Å². The first-order valence-corrected chi connectivity index (χ1v) is 4.03. The molecule has 0 fully saturated rings. The molecule has 3 nitrogen and oxygen atoms in total. The molecule has 0 radical (unpaired) electrons. The maximum atomic E-state index is 11.1. The van der Waals surface area contributed by atoms with Gasteiger partial charge in [0.05, 0.1) is 11.1 Å². The fraction of sp³-hybridized carbons (Fsp3) is 0.200. The molecule has 0 saturated heterocycles. The second kappa shape index (κ2) is 2.69. The monoisotopic (exact) mass is 176 g/mol. The van der Waals surface area contributed by atoms with Crippen molar-refractivity contribution >= 4 is 11.9 Å². The molecule has 0 atom stereocenters. The molecule has 2 aliphatic rings. The molecule has 1 aliphatic carbocycles. The Kier molecular flexibility index (Phi) is 1.65. The van der Waals surface area contributed by atoms with Gasteiger partial charge in [-0.2, -0.15) is 0 Å². The first kappa shape index (κ1) is 7.98. The summed E-state index contributed by atoms with van der Waals surface area (Å²) in [5, 5.41) is 0. The summed E-state index contributed by atoms with van der Waals surface area (Å²) in [7, 11) is 0. The van der Waals surface area contributed by atoms with Crippen molar-refractivity contribution in [1.82, 2.24) is 0 Å². The van der Waals surface area contributed by atoms with Crippen molar-refractivity contribution in [3.8, 4) is 0 Å². The molecular formula is C10H8O3. The zero-order chi connectivity index (χ0) is 9.42. The molecule has 0 spiro atoms. The highest BCUT2D eigenvalue weighted by molar-refractivity contribution is 6.15. The Morgan fingerprint density at radius 3 is 2.69 bits per heavy atom. The fourth-order valence-electron chi connectivity index (χ4n) is 1.38. The average Bonchev–Trinajstić information content (AvgIpc) is 2.28. The zero-order valence-corrected chi connectivity index (χ0v) is 7.16. The Morgan fingerprint density at radius 1 is 1.23 bits per heavy atom. The highest BCUT2D eigenvalue weighted by Gasteiger charge is 2.30. The van der Waals surface area contributed by atoms with Crippen LogP contribution < -0.4 is 0 Å². The van der Waals surface area contributed by atoms with Gasteiger partial charge in [-0.3, -0.25) is 0 Å². The summed E-state index contributed by atoms with van der Waals surface area (Å²) >= 11 is 0. The van der Waals surface area contributed by atoms with E-state index >= 15 is 0 Å². The molecule has 0 bridgehead atoms. The summed E-state index contributed by atoms with van der Waals surface area (Å²) < 4.78 is 4.46. The maximum Gasteiger partial charge on any atom is 0.346 e. The Bertz CT molecular complexity index is 383. The van der Waals surface area contributed by atoms with E-state index in [1.165, 1.54) is 0 Å². The number of allylic oxidation sites excluding steroid dienone is 2. The van der Waals surface area contributed by atoms with Crippen LogP contribution in [0.1, 0.15) is 13.3 Å². The average molecular weight is 176 g/mol. The quantitative estimate of drug-likeness (QED) is 0.412. The minimum atomic E-state index is -0.540. The van der Waals surface area contributed by atoms with E-state index in [2.05, 4.69) is 4.74 Å². The van der Waals surface area contributed by atoms with Crippen LogP contribution in [0.25, 0.3) is 0 Å². The normalized spacial score (nSPS) is 21.2. The summed E-state index contributed by atoms with van der Waals surface area (Å²) in [6.07, 6.45) is 5.99. The van der Waals surface area contributed by atoms with Crippen LogP contribution in [0.2, 0.25) is 0 Å². The second-order valence-electron chi connectivity index (χ2n) is 3.10. The summed E-state index contributed by atoms with van der Waals surface area (Å²) in [6, 6.07) is 0. The molecule has 0 saturated carbocycles. The van der Waals surface area contributed by atoms with Crippen LogP contribution in [0.4, 0.5) is 0 Å². The van der Waals surface area contributed by atoms with Gasteiger partial charge in [0.25, 0.3) is 0 Å². The smallest absolute Gasteiger partial charge is 0.346 e. The van der Waals surface area contributed by atoms with Crippen molar-refractivity contribution < 1.29 is 14.3 Å². The van der Waals surface area contributed by atoms with Crippen LogP contribution in [0.5, 0.6) is 0 Å². The minimum Gasteiger partial charge on any atom is -0.386 e. The van der Waals surface area contributed by atoms with Crippen LogP contribution in [0.15, 0.2) is 34.9 Å². The predicted molar refractivity (Wildman–Crippen MR) is 45.6 cm³/mol. The number of rotatable bonds is 0. The van der Waals surface area contributed by atoms with E-state index in [9.17, 15) is 9.59 Å². The van der Waals surface area contributed by atoms with Crippen molar-refractivity contribution in [3.63, 3.8) is 0 Å². The van der Waals surface area contributed by atoms with Gasteiger partial charge in [-0.25, -0.2) is 9.59 Å². The molecule has 0 N–H and O–H groups in total. The molecule has 66 valence electrons. The van der Waals surface area contributed by atoms with Crippen molar-refractivity contribution in [1.29, 1.82) is 0 Å². The van der Waals surface area contributed by atoms with Crippen molar-refractivity contribution in [2.45, 2.75) is 13.3 Å². The summed E-state index contributed by atoms with van der Waals surface area (Å²) in [5.74, 6) is -1.08. The Balaban J connectivity index is 2.56. The second-order valence-corrected chi connectivity index (χ2v) is 3.10. The Hall–Kier alpha value is -1.64. The third kappa shape index (κ3) is 1.22. The first-order chi connectivity index (χ1) is 6.18. The molecule has 0 aromatic rings. The number of hydrogen-bond donors (Lipinski definition) is 0. The summed E-state index contributed by atoms with van der Waals surface area (Å²) in [5.41, 5.74) is 1.81. The topological polar surface area (TPSA) is 43.4 Å². The summed E-state index contributed by atoms with van der Waals surface area (Å²) in [6.45, 7) is 1.91. The van der Waals surface area contributed by atoms with Crippen molar-refractivity contribution in [2.75, 3.05) is 0 Å². The third-order valence-electron chi connectivity index (χ3n) is 2.03. The highest BCUT2D eigenvalue weighted by Crippen LogP contribution is 2.24. The highest BCUT2D eigenvalue weighted by atomic mass is 16.6. The lowest BCUT2D eigenvalue weighted by Gasteiger charge is -1.93. The standard InChI is InChI=1S/C10H8O3/c1-6-3-2-4-7-8(5-6)10(12)13-9(7)11/h2,4-5H,3H2,1H3. The number of cyclic esters (lactones) is 2. The van der Waals surface area contributed by atoms with Gasteiger partial charge in [0.2, 0.25) is 0 Å². The maximum absolute atomic E-state index is 11.1. The zero-order valence-electron chi connectivity index (χ0n) is 7.16. The van der Waals surface area contributed by atoms with Gasteiger partial charge in [0.1, 0.15) is 0 Å². The molecule has 0 amide bonds. The van der Waals surface area contributed by atoms with E-state index in [-0.39, 0.29) is 0 Å². The molecular weight excluding hydrogens is 168 g/mol. The van der Waals surface area contributed by atoms with Gasteiger partial charge in [0, 0.05) is 0 Å². The number of hydrogen-bond acceptors (Lipinski definition) is 3. The molecule has 0 aromatic heterocycles.